The van der Waals surface area contributed by atoms with Gasteiger partial charge in [0.05, 0.1) is 38.6 Å². The number of ether oxygens (including phenoxy) is 4. The van der Waals surface area contributed by atoms with Crippen molar-refractivity contribution in [2.24, 2.45) is 17.8 Å². The molecule has 2 rings (SSSR count). The molecule has 0 saturated heterocycles. The quantitative estimate of drug-likeness (QED) is 0.196. The highest BCUT2D eigenvalue weighted by Gasteiger charge is 2.60. The van der Waals surface area contributed by atoms with Crippen molar-refractivity contribution in [2.45, 2.75) is 27.7 Å². The predicted molar refractivity (Wildman–Crippen MR) is 119 cm³/mol. The number of rotatable bonds is 12. The first-order valence-corrected chi connectivity index (χ1v) is 11.1. The van der Waals surface area contributed by atoms with Crippen LogP contribution in [-0.4, -0.2) is 44.1 Å². The number of esters is 2. The molecule has 1 aliphatic rings. The lowest BCUT2D eigenvalue weighted by Gasteiger charge is -2.11. The maximum absolute atomic E-state index is 13.3. The van der Waals surface area contributed by atoms with E-state index in [-0.39, 0.29) is 19.0 Å². The van der Waals surface area contributed by atoms with Crippen molar-refractivity contribution in [3.05, 3.63) is 58.5 Å². The van der Waals surface area contributed by atoms with E-state index >= 15 is 0 Å². The van der Waals surface area contributed by atoms with Gasteiger partial charge in [-0.3, -0.25) is 4.79 Å². The largest absolute Gasteiger partial charge is 0.498 e. The Morgan fingerprint density at radius 2 is 1.12 bits per heavy atom. The molecule has 174 valence electrons. The minimum absolute atomic E-state index is 0.166. The third-order valence-corrected chi connectivity index (χ3v) is 5.08. The van der Waals surface area contributed by atoms with Gasteiger partial charge >= 0.3 is 11.9 Å². The molecule has 1 fully saturated rings. The van der Waals surface area contributed by atoms with Crippen LogP contribution in [0.1, 0.15) is 38.1 Å². The van der Waals surface area contributed by atoms with Gasteiger partial charge in [0.2, 0.25) is 0 Å². The van der Waals surface area contributed by atoms with E-state index in [1.54, 1.807) is 52.0 Å². The van der Waals surface area contributed by atoms with E-state index in [1.165, 1.54) is 12.2 Å². The summed E-state index contributed by atoms with van der Waals surface area (Å²) in [5, 5.41) is 0.514. The second kappa shape index (κ2) is 12.3. The Bertz CT molecular complexity index is 829. The van der Waals surface area contributed by atoms with Crippen LogP contribution in [0, 0.1) is 17.8 Å². The van der Waals surface area contributed by atoms with Gasteiger partial charge in [0.15, 0.2) is 5.78 Å². The van der Waals surface area contributed by atoms with Gasteiger partial charge < -0.3 is 18.9 Å². The SMILES string of the molecule is CCOC(=O)/C=C(\OCC)C1C(C(=O)c2ccc(Cl)cc2)C1/C(=C/C(=O)OCC)OCC. The van der Waals surface area contributed by atoms with Gasteiger partial charge in [-0.25, -0.2) is 9.59 Å². The molecule has 32 heavy (non-hydrogen) atoms. The summed E-state index contributed by atoms with van der Waals surface area (Å²) in [4.78, 5) is 37.6. The van der Waals surface area contributed by atoms with Crippen LogP contribution in [0.25, 0.3) is 0 Å². The van der Waals surface area contributed by atoms with Gasteiger partial charge in [-0.15, -0.1) is 0 Å². The van der Waals surface area contributed by atoms with Crippen molar-refractivity contribution >= 4 is 29.3 Å². The van der Waals surface area contributed by atoms with Crippen molar-refractivity contribution < 1.29 is 33.3 Å². The van der Waals surface area contributed by atoms with Crippen LogP contribution in [-0.2, 0) is 28.5 Å². The molecule has 0 aromatic heterocycles. The van der Waals surface area contributed by atoms with E-state index in [0.717, 1.165) is 0 Å². The van der Waals surface area contributed by atoms with Crippen LogP contribution in [0.5, 0.6) is 0 Å². The summed E-state index contributed by atoms with van der Waals surface area (Å²) in [7, 11) is 0. The number of ketones is 1. The molecular weight excluding hydrogens is 436 g/mol. The minimum Gasteiger partial charge on any atom is -0.498 e. The standard InChI is InChI=1S/C24H29ClO7/c1-5-29-17(13-19(26)31-7-3)21-22(18(30-6-2)14-20(27)32-8-4)23(21)24(28)15-9-11-16(25)12-10-15/h9-14,21-23H,5-8H2,1-4H3/b17-13-,18-14-. The second-order valence-corrected chi connectivity index (χ2v) is 7.35. The normalized spacial score (nSPS) is 20.3. The summed E-state index contributed by atoms with van der Waals surface area (Å²) in [6, 6.07) is 6.55. The summed E-state index contributed by atoms with van der Waals surface area (Å²) in [6.07, 6.45) is 2.52. The van der Waals surface area contributed by atoms with E-state index in [4.69, 9.17) is 30.5 Å². The van der Waals surface area contributed by atoms with E-state index in [0.29, 0.717) is 35.3 Å². The minimum atomic E-state index is -0.587. The summed E-state index contributed by atoms with van der Waals surface area (Å²) in [6.45, 7) is 7.98. The molecule has 2 unspecified atom stereocenters. The van der Waals surface area contributed by atoms with Crippen molar-refractivity contribution in [1.82, 2.24) is 0 Å². The molecule has 0 amide bonds. The molecule has 8 heteroatoms. The number of hydrogen-bond donors (Lipinski definition) is 0. The lowest BCUT2D eigenvalue weighted by atomic mass is 10.0. The Morgan fingerprint density at radius 1 is 0.719 bits per heavy atom. The fraction of sp³-hybridized carbons (Fsp3) is 0.458. The Kier molecular flexibility index (Phi) is 9.78. The Labute approximate surface area is 193 Å². The first-order valence-electron chi connectivity index (χ1n) is 10.7. The highest BCUT2D eigenvalue weighted by molar-refractivity contribution is 6.30. The monoisotopic (exact) mass is 464 g/mol. The van der Waals surface area contributed by atoms with Crippen molar-refractivity contribution in [3.63, 3.8) is 0 Å². The molecule has 0 aliphatic heterocycles. The maximum atomic E-state index is 13.3. The molecule has 0 spiro atoms. The maximum Gasteiger partial charge on any atom is 0.334 e. The highest BCUT2D eigenvalue weighted by atomic mass is 35.5. The zero-order valence-electron chi connectivity index (χ0n) is 18.8. The van der Waals surface area contributed by atoms with Crippen molar-refractivity contribution in [1.29, 1.82) is 0 Å². The summed E-state index contributed by atoms with van der Waals surface area (Å²) < 4.78 is 21.5. The molecule has 0 N–H and O–H groups in total. The zero-order valence-corrected chi connectivity index (χ0v) is 19.5. The van der Waals surface area contributed by atoms with Crippen LogP contribution < -0.4 is 0 Å². The number of allylic oxidation sites excluding steroid dienone is 2. The topological polar surface area (TPSA) is 88.1 Å². The van der Waals surface area contributed by atoms with Gasteiger partial charge in [-0.2, -0.15) is 0 Å². The molecule has 0 bridgehead atoms. The fourth-order valence-corrected chi connectivity index (χ4v) is 3.68. The van der Waals surface area contributed by atoms with Crippen LogP contribution in [0.3, 0.4) is 0 Å². The Hall–Kier alpha value is -2.80. The van der Waals surface area contributed by atoms with Crippen LogP contribution >= 0.6 is 11.6 Å². The summed E-state index contributed by atoms with van der Waals surface area (Å²) in [5.41, 5.74) is 0.464. The molecule has 1 aromatic rings. The highest BCUT2D eigenvalue weighted by Crippen LogP contribution is 2.57. The average molecular weight is 465 g/mol. The smallest absolute Gasteiger partial charge is 0.334 e. The fourth-order valence-electron chi connectivity index (χ4n) is 3.55. The van der Waals surface area contributed by atoms with Gasteiger partial charge in [0.1, 0.15) is 11.5 Å². The summed E-state index contributed by atoms with van der Waals surface area (Å²) >= 11 is 5.95. The molecular formula is C24H29ClO7. The van der Waals surface area contributed by atoms with Gasteiger partial charge in [-0.1, -0.05) is 11.6 Å². The number of halogens is 1. The first-order chi connectivity index (χ1) is 15.4. The Balaban J connectivity index is 2.47. The molecule has 1 aromatic carbocycles. The number of benzene rings is 1. The molecule has 1 aliphatic carbocycles. The number of carbonyl (C=O) groups excluding carboxylic acids is 3. The molecule has 1 saturated carbocycles. The van der Waals surface area contributed by atoms with E-state index in [1.807, 2.05) is 0 Å². The average Bonchev–Trinajstić information content (AvgIpc) is 3.49. The number of carbonyl (C=O) groups is 3. The zero-order chi connectivity index (χ0) is 23.7. The molecule has 0 heterocycles. The van der Waals surface area contributed by atoms with E-state index in [9.17, 15) is 14.4 Å². The lowest BCUT2D eigenvalue weighted by molar-refractivity contribution is -0.138. The van der Waals surface area contributed by atoms with E-state index in [2.05, 4.69) is 0 Å². The van der Waals surface area contributed by atoms with Gasteiger partial charge in [-0.05, 0) is 52.0 Å². The third-order valence-electron chi connectivity index (χ3n) is 4.82. The number of hydrogen-bond acceptors (Lipinski definition) is 7. The molecule has 7 nitrogen and oxygen atoms in total. The van der Waals surface area contributed by atoms with Crippen LogP contribution in [0.4, 0.5) is 0 Å². The van der Waals surface area contributed by atoms with Crippen LogP contribution in [0.15, 0.2) is 47.9 Å². The molecule has 0 radical (unpaired) electrons. The molecule has 2 atom stereocenters. The van der Waals surface area contributed by atoms with E-state index < -0.39 is 29.7 Å². The number of Topliss-reactive ketones (excluding diaryl/α,β-unsaturated/α-hetero) is 1. The third kappa shape index (κ3) is 6.60. The lowest BCUT2D eigenvalue weighted by Crippen LogP contribution is -2.08. The Morgan fingerprint density at radius 3 is 1.50 bits per heavy atom. The summed E-state index contributed by atoms with van der Waals surface area (Å²) in [5.74, 6) is -2.23. The van der Waals surface area contributed by atoms with Crippen LogP contribution in [0.2, 0.25) is 5.02 Å². The predicted octanol–water partition coefficient (Wildman–Crippen LogP) is 4.35. The van der Waals surface area contributed by atoms with Crippen molar-refractivity contribution in [2.75, 3.05) is 26.4 Å². The second-order valence-electron chi connectivity index (χ2n) is 6.91. The first kappa shape index (κ1) is 25.5. The van der Waals surface area contributed by atoms with Gasteiger partial charge in [0.25, 0.3) is 0 Å². The van der Waals surface area contributed by atoms with Crippen molar-refractivity contribution in [3.8, 4) is 0 Å². The van der Waals surface area contributed by atoms with Gasteiger partial charge in [0, 0.05) is 28.3 Å².